The van der Waals surface area contributed by atoms with E-state index in [1.165, 1.54) is 0 Å². The van der Waals surface area contributed by atoms with E-state index >= 15 is 0 Å². The number of halogens is 1. The molecule has 1 saturated heterocycles. The second kappa shape index (κ2) is 6.82. The van der Waals surface area contributed by atoms with E-state index in [2.05, 4.69) is 20.6 Å². The van der Waals surface area contributed by atoms with Crippen LogP contribution in [0.2, 0.25) is 0 Å². The molecule has 1 aliphatic rings. The average Bonchev–Trinajstić information content (AvgIpc) is 2.86. The van der Waals surface area contributed by atoms with Gasteiger partial charge in [-0.3, -0.25) is 4.79 Å². The predicted molar refractivity (Wildman–Crippen MR) is 76.1 cm³/mol. The van der Waals surface area contributed by atoms with Gasteiger partial charge in [-0.2, -0.15) is 0 Å². The monoisotopic (exact) mass is 284 g/mol. The molecule has 1 aliphatic heterocycles. The molecule has 2 rings (SSSR count). The molecule has 0 radical (unpaired) electrons. The van der Waals surface area contributed by atoms with Gasteiger partial charge in [0.1, 0.15) is 5.82 Å². The lowest BCUT2D eigenvalue weighted by Gasteiger charge is -2.26. The minimum atomic E-state index is -0.373. The van der Waals surface area contributed by atoms with Crippen molar-refractivity contribution in [1.82, 2.24) is 20.6 Å². The van der Waals surface area contributed by atoms with E-state index in [1.807, 2.05) is 19.9 Å². The number of nitrogens with one attached hydrogen (secondary N) is 2. The molecule has 106 valence electrons. The fourth-order valence-corrected chi connectivity index (χ4v) is 2.41. The zero-order valence-corrected chi connectivity index (χ0v) is 12.2. The first kappa shape index (κ1) is 15.9. The summed E-state index contributed by atoms with van der Waals surface area (Å²) in [5, 5.41) is 6.29. The van der Waals surface area contributed by atoms with E-state index in [1.54, 1.807) is 6.20 Å². The van der Waals surface area contributed by atoms with E-state index in [-0.39, 0.29) is 23.9 Å². The van der Waals surface area contributed by atoms with Crippen molar-refractivity contribution in [3.63, 3.8) is 0 Å². The maximum Gasteiger partial charge on any atom is 0.240 e. The topological polar surface area (TPSA) is 66.9 Å². The lowest BCUT2D eigenvalue weighted by molar-refractivity contribution is -0.127. The molecular weight excluding hydrogens is 264 g/mol. The maximum absolute atomic E-state index is 12.2. The Labute approximate surface area is 120 Å². The number of amides is 1. The van der Waals surface area contributed by atoms with Crippen molar-refractivity contribution in [2.45, 2.75) is 45.2 Å². The molecule has 0 saturated carbocycles. The summed E-state index contributed by atoms with van der Waals surface area (Å²) in [5.41, 5.74) is 0.474. The van der Waals surface area contributed by atoms with Crippen LogP contribution in [-0.2, 0) is 11.3 Å². The summed E-state index contributed by atoms with van der Waals surface area (Å²) in [4.78, 5) is 20.6. The number of hydrogen-bond acceptors (Lipinski definition) is 4. The molecule has 2 heterocycles. The van der Waals surface area contributed by atoms with Crippen LogP contribution in [0.5, 0.6) is 0 Å². The molecule has 1 atom stereocenters. The largest absolute Gasteiger partial charge is 0.349 e. The molecule has 1 unspecified atom stereocenters. The van der Waals surface area contributed by atoms with E-state index in [0.29, 0.717) is 6.54 Å². The second-order valence-electron chi connectivity index (χ2n) is 4.74. The normalized spacial score (nSPS) is 21.8. The first-order valence-electron chi connectivity index (χ1n) is 6.48. The summed E-state index contributed by atoms with van der Waals surface area (Å²) in [6, 6.07) is 1.83. The molecule has 1 amide bonds. The number of aromatic nitrogens is 2. The van der Waals surface area contributed by atoms with E-state index in [4.69, 9.17) is 0 Å². The van der Waals surface area contributed by atoms with Gasteiger partial charge in [0, 0.05) is 6.20 Å². The van der Waals surface area contributed by atoms with Crippen molar-refractivity contribution in [3.8, 4) is 0 Å². The molecule has 2 N–H and O–H groups in total. The van der Waals surface area contributed by atoms with Crippen molar-refractivity contribution in [1.29, 1.82) is 0 Å². The Morgan fingerprint density at radius 1 is 1.58 bits per heavy atom. The average molecular weight is 285 g/mol. The van der Waals surface area contributed by atoms with Gasteiger partial charge in [-0.25, -0.2) is 9.97 Å². The summed E-state index contributed by atoms with van der Waals surface area (Å²) in [6.45, 7) is 5.28. The number of nitrogens with zero attached hydrogens (tertiary/aromatic N) is 2. The number of aryl methyl sites for hydroxylation is 1. The van der Waals surface area contributed by atoms with Gasteiger partial charge in [0.2, 0.25) is 5.91 Å². The summed E-state index contributed by atoms with van der Waals surface area (Å²) in [7, 11) is 0. The second-order valence-corrected chi connectivity index (χ2v) is 4.74. The predicted octanol–water partition coefficient (Wildman–Crippen LogP) is 1.36. The number of carbonyl (C=O) groups excluding carboxylic acids is 1. The lowest BCUT2D eigenvalue weighted by Crippen LogP contribution is -2.52. The van der Waals surface area contributed by atoms with Crippen LogP contribution < -0.4 is 10.6 Å². The van der Waals surface area contributed by atoms with Crippen LogP contribution >= 0.6 is 12.4 Å². The van der Waals surface area contributed by atoms with Crippen LogP contribution in [0.15, 0.2) is 12.3 Å². The van der Waals surface area contributed by atoms with Crippen LogP contribution in [0.3, 0.4) is 0 Å². The quantitative estimate of drug-likeness (QED) is 0.876. The zero-order valence-electron chi connectivity index (χ0n) is 11.4. The van der Waals surface area contributed by atoms with Crippen LogP contribution in [0, 0.1) is 6.92 Å². The molecule has 0 spiro atoms. The van der Waals surface area contributed by atoms with Crippen LogP contribution in [-0.4, -0.2) is 28.0 Å². The van der Waals surface area contributed by atoms with Crippen molar-refractivity contribution >= 4 is 18.3 Å². The Morgan fingerprint density at radius 2 is 2.37 bits per heavy atom. The number of hydrogen-bond donors (Lipinski definition) is 2. The minimum Gasteiger partial charge on any atom is -0.349 e. The van der Waals surface area contributed by atoms with Gasteiger partial charge in [0.05, 0.1) is 17.8 Å². The summed E-state index contributed by atoms with van der Waals surface area (Å²) in [6.07, 6.45) is 4.51. The smallest absolute Gasteiger partial charge is 0.240 e. The first-order valence-corrected chi connectivity index (χ1v) is 6.48. The third-order valence-electron chi connectivity index (χ3n) is 3.55. The molecule has 0 bridgehead atoms. The molecule has 1 fully saturated rings. The fourth-order valence-electron chi connectivity index (χ4n) is 2.41. The van der Waals surface area contributed by atoms with Gasteiger partial charge in [0.25, 0.3) is 0 Å². The summed E-state index contributed by atoms with van der Waals surface area (Å²) >= 11 is 0. The highest BCUT2D eigenvalue weighted by atomic mass is 35.5. The molecule has 19 heavy (non-hydrogen) atoms. The Bertz CT molecular complexity index is 432. The first-order chi connectivity index (χ1) is 8.66. The van der Waals surface area contributed by atoms with Crippen molar-refractivity contribution in [2.75, 3.05) is 6.54 Å². The van der Waals surface area contributed by atoms with Gasteiger partial charge >= 0.3 is 0 Å². The third kappa shape index (κ3) is 3.64. The van der Waals surface area contributed by atoms with Crippen LogP contribution in [0.4, 0.5) is 0 Å². The molecule has 1 aromatic heterocycles. The van der Waals surface area contributed by atoms with E-state index < -0.39 is 0 Å². The fraction of sp³-hybridized carbons (Fsp3) is 0.615. The molecular formula is C13H21ClN4O. The number of rotatable bonds is 4. The van der Waals surface area contributed by atoms with Gasteiger partial charge in [-0.15, -0.1) is 12.4 Å². The molecule has 0 aliphatic carbocycles. The molecule has 5 nitrogen and oxygen atoms in total. The van der Waals surface area contributed by atoms with Crippen LogP contribution in [0.1, 0.15) is 37.7 Å². The minimum absolute atomic E-state index is 0. The highest BCUT2D eigenvalue weighted by molar-refractivity contribution is 5.86. The Balaban J connectivity index is 0.00000180. The van der Waals surface area contributed by atoms with E-state index in [0.717, 1.165) is 37.3 Å². The lowest BCUT2D eigenvalue weighted by atomic mass is 9.93. The maximum atomic E-state index is 12.2. The van der Waals surface area contributed by atoms with Crippen molar-refractivity contribution in [2.24, 2.45) is 0 Å². The highest BCUT2D eigenvalue weighted by Crippen LogP contribution is 2.23. The summed E-state index contributed by atoms with van der Waals surface area (Å²) < 4.78 is 0. The van der Waals surface area contributed by atoms with Gasteiger partial charge in [-0.1, -0.05) is 6.92 Å². The van der Waals surface area contributed by atoms with Gasteiger partial charge in [-0.05, 0) is 38.8 Å². The van der Waals surface area contributed by atoms with E-state index in [9.17, 15) is 4.79 Å². The molecule has 1 aromatic rings. The highest BCUT2D eigenvalue weighted by Gasteiger charge is 2.38. The summed E-state index contributed by atoms with van der Waals surface area (Å²) in [5.74, 6) is 0.810. The Kier molecular flexibility index (Phi) is 5.69. The SMILES string of the molecule is CCC1(C(=O)NCc2ccnc(C)n2)CCCN1.Cl. The number of carbonyl (C=O) groups is 1. The Morgan fingerprint density at radius 3 is 2.95 bits per heavy atom. The van der Waals surface area contributed by atoms with Crippen molar-refractivity contribution in [3.05, 3.63) is 23.8 Å². The van der Waals surface area contributed by atoms with Gasteiger partial charge in [0.15, 0.2) is 0 Å². The van der Waals surface area contributed by atoms with Crippen LogP contribution in [0.25, 0.3) is 0 Å². The van der Waals surface area contributed by atoms with Gasteiger partial charge < -0.3 is 10.6 Å². The van der Waals surface area contributed by atoms with Crippen molar-refractivity contribution < 1.29 is 4.79 Å². The Hall–Kier alpha value is -1.20. The molecule has 0 aromatic carbocycles. The zero-order chi connectivity index (χ0) is 13.0. The standard InChI is InChI=1S/C13H20N4O.ClH/c1-3-13(6-4-7-16-13)12(18)15-9-11-5-8-14-10(2)17-11;/h5,8,16H,3-4,6-7,9H2,1-2H3,(H,15,18);1H. The molecule has 6 heteroatoms. The third-order valence-corrected chi connectivity index (χ3v) is 3.55.